The standard InChI is InChI=1S/C15H21F3N2/c1-3-5-11-9-20(12(4-2)8-19-11)14-7-10(16)6-13(17)15(14)18/h6-7,11-12,19H,3-5,8-9H2,1-2H3. The molecule has 2 rings (SSSR count). The maximum atomic E-state index is 14.0. The number of hydrogen-bond donors (Lipinski definition) is 1. The van der Waals surface area contributed by atoms with Gasteiger partial charge in [0.05, 0.1) is 5.69 Å². The fourth-order valence-corrected chi connectivity index (χ4v) is 2.82. The van der Waals surface area contributed by atoms with Gasteiger partial charge in [-0.3, -0.25) is 0 Å². The molecule has 1 aromatic rings. The van der Waals surface area contributed by atoms with Crippen molar-refractivity contribution in [2.75, 3.05) is 18.0 Å². The summed E-state index contributed by atoms with van der Waals surface area (Å²) in [5.41, 5.74) is 0.0388. The summed E-state index contributed by atoms with van der Waals surface area (Å²) in [6.45, 7) is 5.36. The lowest BCUT2D eigenvalue weighted by atomic mass is 10.0. The number of anilines is 1. The number of halogens is 3. The van der Waals surface area contributed by atoms with Gasteiger partial charge in [-0.05, 0) is 12.8 Å². The van der Waals surface area contributed by atoms with Crippen LogP contribution in [0.15, 0.2) is 12.1 Å². The van der Waals surface area contributed by atoms with Crippen molar-refractivity contribution < 1.29 is 13.2 Å². The molecule has 1 N–H and O–H groups in total. The molecule has 0 radical (unpaired) electrons. The Morgan fingerprint density at radius 2 is 2.00 bits per heavy atom. The van der Waals surface area contributed by atoms with Crippen molar-refractivity contribution in [3.8, 4) is 0 Å². The number of hydrogen-bond acceptors (Lipinski definition) is 2. The Morgan fingerprint density at radius 3 is 2.65 bits per heavy atom. The summed E-state index contributed by atoms with van der Waals surface area (Å²) >= 11 is 0. The van der Waals surface area contributed by atoms with Crippen LogP contribution in [0.25, 0.3) is 0 Å². The number of nitrogens with zero attached hydrogens (tertiary/aromatic N) is 1. The number of piperazine rings is 1. The summed E-state index contributed by atoms with van der Waals surface area (Å²) in [7, 11) is 0. The lowest BCUT2D eigenvalue weighted by Gasteiger charge is -2.42. The van der Waals surface area contributed by atoms with E-state index in [2.05, 4.69) is 12.2 Å². The molecular weight excluding hydrogens is 265 g/mol. The van der Waals surface area contributed by atoms with Crippen molar-refractivity contribution in [3.63, 3.8) is 0 Å². The van der Waals surface area contributed by atoms with Gasteiger partial charge < -0.3 is 10.2 Å². The first-order valence-corrected chi connectivity index (χ1v) is 7.21. The number of rotatable bonds is 4. The molecule has 1 aromatic carbocycles. The van der Waals surface area contributed by atoms with Crippen molar-refractivity contribution in [2.24, 2.45) is 0 Å². The molecule has 0 aliphatic carbocycles. The van der Waals surface area contributed by atoms with Gasteiger partial charge in [-0.25, -0.2) is 13.2 Å². The van der Waals surface area contributed by atoms with Crippen molar-refractivity contribution in [1.82, 2.24) is 5.32 Å². The smallest absolute Gasteiger partial charge is 0.182 e. The molecule has 0 saturated carbocycles. The first-order chi connectivity index (χ1) is 9.56. The Hall–Kier alpha value is -1.23. The average molecular weight is 286 g/mol. The van der Waals surface area contributed by atoms with E-state index in [1.807, 2.05) is 6.92 Å². The van der Waals surface area contributed by atoms with E-state index in [4.69, 9.17) is 0 Å². The second-order valence-electron chi connectivity index (χ2n) is 5.33. The van der Waals surface area contributed by atoms with Gasteiger partial charge in [0.1, 0.15) is 5.82 Å². The molecule has 0 bridgehead atoms. The number of benzene rings is 1. The zero-order valence-electron chi connectivity index (χ0n) is 11.9. The van der Waals surface area contributed by atoms with Crippen LogP contribution in [-0.2, 0) is 0 Å². The average Bonchev–Trinajstić information content (AvgIpc) is 2.43. The van der Waals surface area contributed by atoms with Gasteiger partial charge in [-0.1, -0.05) is 20.3 Å². The lowest BCUT2D eigenvalue weighted by molar-refractivity contribution is 0.363. The molecule has 1 heterocycles. The van der Waals surface area contributed by atoms with E-state index in [1.165, 1.54) is 0 Å². The second kappa shape index (κ2) is 6.48. The zero-order chi connectivity index (χ0) is 14.7. The molecule has 5 heteroatoms. The molecule has 2 nitrogen and oxygen atoms in total. The van der Waals surface area contributed by atoms with Crippen LogP contribution in [0.2, 0.25) is 0 Å². The summed E-state index contributed by atoms with van der Waals surface area (Å²) in [6, 6.07) is 1.97. The Morgan fingerprint density at radius 1 is 1.25 bits per heavy atom. The van der Waals surface area contributed by atoms with Crippen LogP contribution in [0.1, 0.15) is 33.1 Å². The predicted molar refractivity (Wildman–Crippen MR) is 74.4 cm³/mol. The van der Waals surface area contributed by atoms with Crippen LogP contribution in [0.4, 0.5) is 18.9 Å². The minimum atomic E-state index is -1.12. The molecule has 1 saturated heterocycles. The van der Waals surface area contributed by atoms with E-state index in [1.54, 1.807) is 4.90 Å². The summed E-state index contributed by atoms with van der Waals surface area (Å²) in [6.07, 6.45) is 2.78. The van der Waals surface area contributed by atoms with E-state index in [9.17, 15) is 13.2 Å². The SMILES string of the molecule is CCCC1CN(c2cc(F)cc(F)c2F)C(CC)CN1. The second-order valence-corrected chi connectivity index (χ2v) is 5.33. The highest BCUT2D eigenvalue weighted by molar-refractivity contribution is 5.50. The molecule has 1 aliphatic rings. The molecule has 112 valence electrons. The Kier molecular flexibility index (Phi) is 4.91. The fraction of sp³-hybridized carbons (Fsp3) is 0.600. The van der Waals surface area contributed by atoms with Gasteiger partial charge in [0.2, 0.25) is 0 Å². The van der Waals surface area contributed by atoms with Crippen molar-refractivity contribution >= 4 is 5.69 Å². The first kappa shape index (κ1) is 15.2. The minimum Gasteiger partial charge on any atom is -0.363 e. The molecular formula is C15H21F3N2. The maximum absolute atomic E-state index is 14.0. The number of nitrogens with one attached hydrogen (secondary N) is 1. The Bertz CT molecular complexity index is 465. The predicted octanol–water partition coefficient (Wildman–Crippen LogP) is 3.46. The van der Waals surface area contributed by atoms with E-state index in [0.717, 1.165) is 25.3 Å². The summed E-state index contributed by atoms with van der Waals surface area (Å²) in [5.74, 6) is -2.82. The quantitative estimate of drug-likeness (QED) is 0.853. The topological polar surface area (TPSA) is 15.3 Å². The fourth-order valence-electron chi connectivity index (χ4n) is 2.82. The van der Waals surface area contributed by atoms with E-state index in [-0.39, 0.29) is 17.8 Å². The summed E-state index contributed by atoms with van der Waals surface area (Å²) in [4.78, 5) is 1.80. The van der Waals surface area contributed by atoms with Crippen LogP contribution >= 0.6 is 0 Å². The molecule has 0 spiro atoms. The van der Waals surface area contributed by atoms with Gasteiger partial charge in [0.25, 0.3) is 0 Å². The lowest BCUT2D eigenvalue weighted by Crippen LogP contribution is -2.56. The van der Waals surface area contributed by atoms with Gasteiger partial charge in [-0.15, -0.1) is 0 Å². The van der Waals surface area contributed by atoms with Crippen LogP contribution in [0, 0.1) is 17.5 Å². The monoisotopic (exact) mass is 286 g/mol. The van der Waals surface area contributed by atoms with Crippen LogP contribution in [0.3, 0.4) is 0 Å². The van der Waals surface area contributed by atoms with Gasteiger partial charge in [0.15, 0.2) is 11.6 Å². The zero-order valence-corrected chi connectivity index (χ0v) is 11.9. The third-order valence-electron chi connectivity index (χ3n) is 3.89. The highest BCUT2D eigenvalue weighted by Crippen LogP contribution is 2.28. The maximum Gasteiger partial charge on any atom is 0.182 e. The van der Waals surface area contributed by atoms with Crippen LogP contribution in [-0.4, -0.2) is 25.2 Å². The third kappa shape index (κ3) is 3.08. The van der Waals surface area contributed by atoms with E-state index < -0.39 is 17.5 Å². The van der Waals surface area contributed by atoms with Gasteiger partial charge in [-0.2, -0.15) is 0 Å². The van der Waals surface area contributed by atoms with Crippen molar-refractivity contribution in [3.05, 3.63) is 29.6 Å². The largest absolute Gasteiger partial charge is 0.363 e. The third-order valence-corrected chi connectivity index (χ3v) is 3.89. The van der Waals surface area contributed by atoms with Crippen molar-refractivity contribution in [1.29, 1.82) is 0 Å². The molecule has 1 aliphatic heterocycles. The highest BCUT2D eigenvalue weighted by Gasteiger charge is 2.29. The summed E-state index contributed by atoms with van der Waals surface area (Å²) in [5, 5.41) is 3.42. The van der Waals surface area contributed by atoms with Gasteiger partial charge in [0, 0.05) is 37.3 Å². The van der Waals surface area contributed by atoms with E-state index >= 15 is 0 Å². The summed E-state index contributed by atoms with van der Waals surface area (Å²) < 4.78 is 40.8. The molecule has 20 heavy (non-hydrogen) atoms. The molecule has 0 aromatic heterocycles. The molecule has 1 fully saturated rings. The van der Waals surface area contributed by atoms with Crippen molar-refractivity contribution in [2.45, 2.75) is 45.2 Å². The highest BCUT2D eigenvalue weighted by atomic mass is 19.2. The Labute approximate surface area is 118 Å². The first-order valence-electron chi connectivity index (χ1n) is 7.21. The Balaban J connectivity index is 2.31. The van der Waals surface area contributed by atoms with Gasteiger partial charge >= 0.3 is 0 Å². The normalized spacial score (nSPS) is 23.1. The van der Waals surface area contributed by atoms with Crippen LogP contribution < -0.4 is 10.2 Å². The van der Waals surface area contributed by atoms with Crippen LogP contribution in [0.5, 0.6) is 0 Å². The molecule has 2 unspecified atom stereocenters. The molecule has 0 amide bonds. The molecule has 2 atom stereocenters. The minimum absolute atomic E-state index is 0.0388. The van der Waals surface area contributed by atoms with E-state index in [0.29, 0.717) is 19.2 Å².